The highest BCUT2D eigenvalue weighted by molar-refractivity contribution is 5.77. The Balaban J connectivity index is 2.39. The zero-order valence-electron chi connectivity index (χ0n) is 9.03. The van der Waals surface area contributed by atoms with Crippen molar-refractivity contribution < 1.29 is 9.53 Å². The van der Waals surface area contributed by atoms with Crippen LogP contribution >= 0.6 is 0 Å². The largest absolute Gasteiger partial charge is 0.372 e. The number of amides is 1. The van der Waals surface area contributed by atoms with Gasteiger partial charge in [0.1, 0.15) is 6.61 Å². The van der Waals surface area contributed by atoms with Crippen LogP contribution in [0.1, 0.15) is 26.7 Å². The molecule has 2 atom stereocenters. The smallest absolute Gasteiger partial charge is 0.248 e. The zero-order valence-corrected chi connectivity index (χ0v) is 9.03. The molecule has 1 aliphatic heterocycles. The summed E-state index contributed by atoms with van der Waals surface area (Å²) in [5.41, 5.74) is 5.82. The molecule has 1 saturated heterocycles. The van der Waals surface area contributed by atoms with Crippen molar-refractivity contribution in [2.45, 2.75) is 38.8 Å². The molecule has 0 saturated carbocycles. The third-order valence-electron chi connectivity index (χ3n) is 2.67. The fourth-order valence-corrected chi connectivity index (χ4v) is 1.85. The first kappa shape index (κ1) is 11.5. The molecule has 82 valence electrons. The van der Waals surface area contributed by atoms with Gasteiger partial charge in [-0.2, -0.15) is 0 Å². The predicted octanol–water partition coefficient (Wildman–Crippen LogP) is 0.361. The van der Waals surface area contributed by atoms with Gasteiger partial charge in [-0.15, -0.1) is 0 Å². The van der Waals surface area contributed by atoms with E-state index in [-0.39, 0.29) is 24.6 Å². The van der Waals surface area contributed by atoms with Crippen molar-refractivity contribution in [2.24, 2.45) is 5.73 Å². The number of carbonyl (C=O) groups is 1. The van der Waals surface area contributed by atoms with Gasteiger partial charge in [0.05, 0.1) is 0 Å². The van der Waals surface area contributed by atoms with Gasteiger partial charge in [-0.05, 0) is 26.7 Å². The number of likely N-dealkylation sites (tertiary alicyclic amines) is 1. The van der Waals surface area contributed by atoms with Gasteiger partial charge in [0, 0.05) is 25.2 Å². The first-order chi connectivity index (χ1) is 6.65. The van der Waals surface area contributed by atoms with Gasteiger partial charge in [0.15, 0.2) is 0 Å². The standard InChI is InChI=1S/C10H20N2O2/c1-3-14-7-10(13)12-5-4-9(11)6-8(12)2/h8-9H,3-7,11H2,1-2H3. The van der Waals surface area contributed by atoms with E-state index in [1.165, 1.54) is 0 Å². The minimum absolute atomic E-state index is 0.0891. The van der Waals surface area contributed by atoms with Gasteiger partial charge in [0.2, 0.25) is 5.91 Å². The molecule has 0 bridgehead atoms. The van der Waals surface area contributed by atoms with Crippen LogP contribution in [-0.4, -0.2) is 42.6 Å². The molecular formula is C10H20N2O2. The van der Waals surface area contributed by atoms with Crippen molar-refractivity contribution in [3.8, 4) is 0 Å². The lowest BCUT2D eigenvalue weighted by Crippen LogP contribution is -2.49. The molecule has 2 unspecified atom stereocenters. The number of piperidine rings is 1. The van der Waals surface area contributed by atoms with Crippen molar-refractivity contribution in [3.05, 3.63) is 0 Å². The molecule has 2 N–H and O–H groups in total. The van der Waals surface area contributed by atoms with Crippen LogP contribution in [0.3, 0.4) is 0 Å². The SMILES string of the molecule is CCOCC(=O)N1CCC(N)CC1C. The van der Waals surface area contributed by atoms with E-state index in [1.807, 2.05) is 18.7 Å². The molecule has 1 rings (SSSR count). The Hall–Kier alpha value is -0.610. The molecule has 1 heterocycles. The Morgan fingerprint density at radius 2 is 2.36 bits per heavy atom. The molecule has 0 aromatic carbocycles. The van der Waals surface area contributed by atoms with Gasteiger partial charge in [0.25, 0.3) is 0 Å². The normalized spacial score (nSPS) is 27.8. The minimum atomic E-state index is 0.0891. The van der Waals surface area contributed by atoms with Crippen LogP contribution in [0.5, 0.6) is 0 Å². The van der Waals surface area contributed by atoms with Crippen LogP contribution in [0.15, 0.2) is 0 Å². The molecule has 0 aliphatic carbocycles. The second-order valence-corrected chi connectivity index (χ2v) is 3.86. The van der Waals surface area contributed by atoms with E-state index in [1.54, 1.807) is 0 Å². The van der Waals surface area contributed by atoms with E-state index < -0.39 is 0 Å². The maximum atomic E-state index is 11.6. The number of rotatable bonds is 3. The van der Waals surface area contributed by atoms with Crippen molar-refractivity contribution in [1.82, 2.24) is 4.90 Å². The average molecular weight is 200 g/mol. The predicted molar refractivity (Wildman–Crippen MR) is 54.9 cm³/mol. The van der Waals surface area contributed by atoms with Crippen LogP contribution in [0.4, 0.5) is 0 Å². The van der Waals surface area contributed by atoms with Gasteiger partial charge < -0.3 is 15.4 Å². The molecular weight excluding hydrogens is 180 g/mol. The quantitative estimate of drug-likeness (QED) is 0.715. The fourth-order valence-electron chi connectivity index (χ4n) is 1.85. The molecule has 4 heteroatoms. The maximum Gasteiger partial charge on any atom is 0.248 e. The number of ether oxygens (including phenoxy) is 1. The highest BCUT2D eigenvalue weighted by Crippen LogP contribution is 2.15. The zero-order chi connectivity index (χ0) is 10.6. The molecule has 4 nitrogen and oxygen atoms in total. The summed E-state index contributed by atoms with van der Waals surface area (Å²) in [5.74, 6) is 0.0891. The van der Waals surface area contributed by atoms with E-state index in [4.69, 9.17) is 10.5 Å². The summed E-state index contributed by atoms with van der Waals surface area (Å²) in [6, 6.07) is 0.507. The lowest BCUT2D eigenvalue weighted by atomic mass is 9.99. The van der Waals surface area contributed by atoms with Crippen molar-refractivity contribution in [1.29, 1.82) is 0 Å². The van der Waals surface area contributed by atoms with Crippen molar-refractivity contribution in [2.75, 3.05) is 19.8 Å². The minimum Gasteiger partial charge on any atom is -0.372 e. The lowest BCUT2D eigenvalue weighted by Gasteiger charge is -2.36. The van der Waals surface area contributed by atoms with Gasteiger partial charge in [-0.1, -0.05) is 0 Å². The summed E-state index contributed by atoms with van der Waals surface area (Å²) < 4.78 is 5.10. The van der Waals surface area contributed by atoms with Gasteiger partial charge in [-0.3, -0.25) is 4.79 Å². The maximum absolute atomic E-state index is 11.6. The molecule has 1 amide bonds. The molecule has 0 aromatic rings. The van der Waals surface area contributed by atoms with E-state index in [2.05, 4.69) is 0 Å². The summed E-state index contributed by atoms with van der Waals surface area (Å²) in [5, 5.41) is 0. The van der Waals surface area contributed by atoms with E-state index >= 15 is 0 Å². The number of hydrogen-bond donors (Lipinski definition) is 1. The molecule has 14 heavy (non-hydrogen) atoms. The van der Waals surface area contributed by atoms with Crippen LogP contribution in [-0.2, 0) is 9.53 Å². The first-order valence-electron chi connectivity index (χ1n) is 5.28. The Morgan fingerprint density at radius 3 is 2.93 bits per heavy atom. The van der Waals surface area contributed by atoms with Crippen LogP contribution < -0.4 is 5.73 Å². The highest BCUT2D eigenvalue weighted by Gasteiger charge is 2.26. The number of nitrogens with two attached hydrogens (primary N) is 1. The van der Waals surface area contributed by atoms with Gasteiger partial charge in [-0.25, -0.2) is 0 Å². The third kappa shape index (κ3) is 2.96. The van der Waals surface area contributed by atoms with Crippen molar-refractivity contribution >= 4 is 5.91 Å². The highest BCUT2D eigenvalue weighted by atomic mass is 16.5. The second-order valence-electron chi connectivity index (χ2n) is 3.86. The average Bonchev–Trinajstić information content (AvgIpc) is 2.14. The fraction of sp³-hybridized carbons (Fsp3) is 0.900. The number of hydrogen-bond acceptors (Lipinski definition) is 3. The van der Waals surface area contributed by atoms with Crippen molar-refractivity contribution in [3.63, 3.8) is 0 Å². The van der Waals surface area contributed by atoms with Crippen LogP contribution in [0, 0.1) is 0 Å². The second kappa shape index (κ2) is 5.32. The Kier molecular flexibility index (Phi) is 4.35. The van der Waals surface area contributed by atoms with Crippen LogP contribution in [0.2, 0.25) is 0 Å². The topological polar surface area (TPSA) is 55.6 Å². The summed E-state index contributed by atoms with van der Waals surface area (Å²) >= 11 is 0. The summed E-state index contributed by atoms with van der Waals surface area (Å²) in [6.07, 6.45) is 1.81. The third-order valence-corrected chi connectivity index (χ3v) is 2.67. The summed E-state index contributed by atoms with van der Waals surface area (Å²) in [6.45, 7) is 5.50. The monoisotopic (exact) mass is 200 g/mol. The Morgan fingerprint density at radius 1 is 1.64 bits per heavy atom. The first-order valence-corrected chi connectivity index (χ1v) is 5.28. The lowest BCUT2D eigenvalue weighted by molar-refractivity contribution is -0.139. The Bertz CT molecular complexity index is 197. The molecule has 1 aliphatic rings. The van der Waals surface area contributed by atoms with Crippen LogP contribution in [0.25, 0.3) is 0 Å². The van der Waals surface area contributed by atoms with Gasteiger partial charge >= 0.3 is 0 Å². The Labute approximate surface area is 85.4 Å². The molecule has 0 radical (unpaired) electrons. The van der Waals surface area contributed by atoms with E-state index in [0.29, 0.717) is 6.61 Å². The number of nitrogens with zero attached hydrogens (tertiary/aromatic N) is 1. The van der Waals surface area contributed by atoms with E-state index in [9.17, 15) is 4.79 Å². The summed E-state index contributed by atoms with van der Waals surface area (Å²) in [7, 11) is 0. The molecule has 0 aromatic heterocycles. The molecule has 1 fully saturated rings. The summed E-state index contributed by atoms with van der Waals surface area (Å²) in [4.78, 5) is 13.5. The molecule has 0 spiro atoms. The van der Waals surface area contributed by atoms with E-state index in [0.717, 1.165) is 19.4 Å². The number of carbonyl (C=O) groups excluding carboxylic acids is 1.